The molecular weight excluding hydrogens is 212 g/mol. The fourth-order valence-electron chi connectivity index (χ4n) is 1.51. The first kappa shape index (κ1) is 11.3. The number of rotatable bonds is 4. The van der Waals surface area contributed by atoms with E-state index in [1.165, 1.54) is 5.56 Å². The van der Waals surface area contributed by atoms with Crippen LogP contribution >= 0.6 is 0 Å². The number of phenolic OH excluding ortho intramolecular Hbond substituents is 1. The Hall–Kier alpha value is -2.22. The smallest absolute Gasteiger partial charge is 0.127 e. The van der Waals surface area contributed by atoms with Crippen molar-refractivity contribution in [2.45, 2.75) is 6.42 Å². The fourth-order valence-corrected chi connectivity index (χ4v) is 1.51. The van der Waals surface area contributed by atoms with Gasteiger partial charge < -0.3 is 9.84 Å². The van der Waals surface area contributed by atoms with E-state index in [2.05, 4.69) is 6.58 Å². The molecule has 0 aliphatic heterocycles. The second-order valence-corrected chi connectivity index (χ2v) is 3.73. The number of hydrogen-bond acceptors (Lipinski definition) is 2. The molecule has 0 unspecified atom stereocenters. The molecule has 0 saturated heterocycles. The number of hydrogen-bond donors (Lipinski definition) is 1. The molecule has 0 saturated carbocycles. The van der Waals surface area contributed by atoms with Crippen molar-refractivity contribution in [3.8, 4) is 17.2 Å². The summed E-state index contributed by atoms with van der Waals surface area (Å²) in [4.78, 5) is 0. The quantitative estimate of drug-likeness (QED) is 0.801. The highest BCUT2D eigenvalue weighted by Crippen LogP contribution is 2.23. The number of allylic oxidation sites excluding steroid dienone is 1. The number of aromatic hydroxyl groups is 1. The minimum absolute atomic E-state index is 0.235. The Morgan fingerprint density at radius 1 is 0.941 bits per heavy atom. The highest BCUT2D eigenvalue weighted by atomic mass is 16.5. The van der Waals surface area contributed by atoms with E-state index >= 15 is 0 Å². The van der Waals surface area contributed by atoms with Crippen LogP contribution in [0.1, 0.15) is 5.56 Å². The molecule has 1 N–H and O–H groups in total. The zero-order valence-electron chi connectivity index (χ0n) is 9.47. The zero-order chi connectivity index (χ0) is 12.1. The van der Waals surface area contributed by atoms with Crippen LogP contribution in [0.15, 0.2) is 61.2 Å². The van der Waals surface area contributed by atoms with Crippen molar-refractivity contribution >= 4 is 0 Å². The third-order valence-corrected chi connectivity index (χ3v) is 2.38. The lowest BCUT2D eigenvalue weighted by molar-refractivity contribution is 0.464. The van der Waals surface area contributed by atoms with Crippen LogP contribution in [0.3, 0.4) is 0 Å². The van der Waals surface area contributed by atoms with Crippen molar-refractivity contribution in [1.82, 2.24) is 0 Å². The zero-order valence-corrected chi connectivity index (χ0v) is 9.47. The lowest BCUT2D eigenvalue weighted by Gasteiger charge is -2.06. The van der Waals surface area contributed by atoms with Gasteiger partial charge in [0.05, 0.1) is 0 Å². The summed E-state index contributed by atoms with van der Waals surface area (Å²) >= 11 is 0. The molecule has 2 rings (SSSR count). The minimum Gasteiger partial charge on any atom is -0.508 e. The topological polar surface area (TPSA) is 29.5 Å². The Balaban J connectivity index is 2.08. The van der Waals surface area contributed by atoms with E-state index in [-0.39, 0.29) is 5.75 Å². The van der Waals surface area contributed by atoms with E-state index in [9.17, 15) is 0 Å². The summed E-state index contributed by atoms with van der Waals surface area (Å²) in [5, 5.41) is 9.15. The van der Waals surface area contributed by atoms with E-state index in [1.807, 2.05) is 30.3 Å². The highest BCUT2D eigenvalue weighted by molar-refractivity contribution is 5.36. The highest BCUT2D eigenvalue weighted by Gasteiger charge is 1.97. The molecule has 0 radical (unpaired) electrons. The van der Waals surface area contributed by atoms with Gasteiger partial charge in [0.25, 0.3) is 0 Å². The SMILES string of the molecule is C=CCc1ccc(Oc2ccc(O)cc2)cc1. The molecule has 0 atom stereocenters. The Labute approximate surface area is 101 Å². The van der Waals surface area contributed by atoms with Crippen LogP contribution in [-0.4, -0.2) is 5.11 Å². The average Bonchev–Trinajstić information content (AvgIpc) is 2.35. The second kappa shape index (κ2) is 5.21. The van der Waals surface area contributed by atoms with Crippen LogP contribution in [0, 0.1) is 0 Å². The van der Waals surface area contributed by atoms with Gasteiger partial charge in [-0.1, -0.05) is 18.2 Å². The number of phenols is 1. The molecule has 2 aromatic rings. The van der Waals surface area contributed by atoms with Crippen LogP contribution in [0.5, 0.6) is 17.2 Å². The van der Waals surface area contributed by atoms with Crippen molar-refractivity contribution in [3.05, 3.63) is 66.7 Å². The van der Waals surface area contributed by atoms with Crippen molar-refractivity contribution in [2.75, 3.05) is 0 Å². The normalized spacial score (nSPS) is 9.88. The van der Waals surface area contributed by atoms with Crippen LogP contribution < -0.4 is 4.74 Å². The molecule has 0 bridgehead atoms. The third kappa shape index (κ3) is 3.11. The van der Waals surface area contributed by atoms with Crippen LogP contribution in [-0.2, 0) is 6.42 Å². The molecule has 17 heavy (non-hydrogen) atoms. The molecule has 2 nitrogen and oxygen atoms in total. The molecule has 0 spiro atoms. The van der Waals surface area contributed by atoms with Gasteiger partial charge in [0, 0.05) is 0 Å². The van der Waals surface area contributed by atoms with Gasteiger partial charge in [-0.15, -0.1) is 6.58 Å². The molecule has 0 amide bonds. The first-order valence-corrected chi connectivity index (χ1v) is 5.44. The van der Waals surface area contributed by atoms with Crippen molar-refractivity contribution in [3.63, 3.8) is 0 Å². The maximum Gasteiger partial charge on any atom is 0.127 e. The first-order chi connectivity index (χ1) is 8.28. The molecule has 2 aromatic carbocycles. The van der Waals surface area contributed by atoms with Gasteiger partial charge in [0.15, 0.2) is 0 Å². The van der Waals surface area contributed by atoms with E-state index in [4.69, 9.17) is 9.84 Å². The Morgan fingerprint density at radius 2 is 1.47 bits per heavy atom. The van der Waals surface area contributed by atoms with E-state index in [0.29, 0.717) is 5.75 Å². The fraction of sp³-hybridized carbons (Fsp3) is 0.0667. The molecule has 0 aliphatic carbocycles. The molecule has 0 aromatic heterocycles. The molecule has 0 aliphatic rings. The summed E-state index contributed by atoms with van der Waals surface area (Å²) < 4.78 is 5.63. The summed E-state index contributed by atoms with van der Waals surface area (Å²) in [5.41, 5.74) is 1.21. The van der Waals surface area contributed by atoms with E-state index in [1.54, 1.807) is 24.3 Å². The van der Waals surface area contributed by atoms with Gasteiger partial charge >= 0.3 is 0 Å². The molecule has 0 heterocycles. The van der Waals surface area contributed by atoms with Gasteiger partial charge in [0.1, 0.15) is 17.2 Å². The standard InChI is InChI=1S/C15H14O2/c1-2-3-12-4-8-14(9-5-12)17-15-10-6-13(16)7-11-15/h2,4-11,16H,1,3H2. The second-order valence-electron chi connectivity index (χ2n) is 3.73. The van der Waals surface area contributed by atoms with Gasteiger partial charge in [-0.05, 0) is 48.4 Å². The average molecular weight is 226 g/mol. The maximum atomic E-state index is 9.15. The summed E-state index contributed by atoms with van der Waals surface area (Å²) in [6.07, 6.45) is 2.73. The van der Waals surface area contributed by atoms with E-state index < -0.39 is 0 Å². The van der Waals surface area contributed by atoms with Gasteiger partial charge in [-0.3, -0.25) is 0 Å². The Kier molecular flexibility index (Phi) is 3.46. The van der Waals surface area contributed by atoms with E-state index in [0.717, 1.165) is 12.2 Å². The van der Waals surface area contributed by atoms with Crippen molar-refractivity contribution < 1.29 is 9.84 Å². The minimum atomic E-state index is 0.235. The molecular formula is C15H14O2. The molecule has 2 heteroatoms. The Morgan fingerprint density at radius 3 is 2.00 bits per heavy atom. The number of ether oxygens (including phenoxy) is 1. The van der Waals surface area contributed by atoms with Crippen molar-refractivity contribution in [1.29, 1.82) is 0 Å². The third-order valence-electron chi connectivity index (χ3n) is 2.38. The van der Waals surface area contributed by atoms with Crippen LogP contribution in [0.4, 0.5) is 0 Å². The summed E-state index contributed by atoms with van der Waals surface area (Å²) in [6, 6.07) is 14.5. The van der Waals surface area contributed by atoms with Crippen LogP contribution in [0.2, 0.25) is 0 Å². The largest absolute Gasteiger partial charge is 0.508 e. The van der Waals surface area contributed by atoms with Crippen molar-refractivity contribution in [2.24, 2.45) is 0 Å². The summed E-state index contributed by atoms with van der Waals surface area (Å²) in [6.45, 7) is 3.70. The van der Waals surface area contributed by atoms with Crippen LogP contribution in [0.25, 0.3) is 0 Å². The first-order valence-electron chi connectivity index (χ1n) is 5.44. The van der Waals surface area contributed by atoms with Gasteiger partial charge in [0.2, 0.25) is 0 Å². The summed E-state index contributed by atoms with van der Waals surface area (Å²) in [5.74, 6) is 1.72. The predicted octanol–water partition coefficient (Wildman–Crippen LogP) is 3.91. The monoisotopic (exact) mass is 226 g/mol. The van der Waals surface area contributed by atoms with Gasteiger partial charge in [-0.2, -0.15) is 0 Å². The predicted molar refractivity (Wildman–Crippen MR) is 68.5 cm³/mol. The lowest BCUT2D eigenvalue weighted by atomic mass is 10.1. The molecule has 0 fully saturated rings. The maximum absolute atomic E-state index is 9.15. The summed E-state index contributed by atoms with van der Waals surface area (Å²) in [7, 11) is 0. The van der Waals surface area contributed by atoms with Gasteiger partial charge in [-0.25, -0.2) is 0 Å². The Bertz CT molecular complexity index is 483. The number of benzene rings is 2. The molecule has 86 valence electrons. The lowest BCUT2D eigenvalue weighted by Crippen LogP contribution is -1.85.